The summed E-state index contributed by atoms with van der Waals surface area (Å²) in [5, 5.41) is 4.05. The second-order valence-electron chi connectivity index (χ2n) is 6.38. The van der Waals surface area contributed by atoms with E-state index in [0.717, 1.165) is 16.8 Å². The van der Waals surface area contributed by atoms with Crippen LogP contribution in [0.25, 0.3) is 11.0 Å². The minimum Gasteiger partial charge on any atom is -0.443 e. The zero-order valence-corrected chi connectivity index (χ0v) is 14.6. The molecule has 2 heterocycles. The Balaban J connectivity index is 2.43. The summed E-state index contributed by atoms with van der Waals surface area (Å²) >= 11 is 0. The number of fused-ring (bicyclic) bond motifs is 1. The number of allylic oxidation sites excluding steroid dienone is 2. The molecular formula is C18H24N4O2. The quantitative estimate of drug-likeness (QED) is 0.829. The Morgan fingerprint density at radius 1 is 1.46 bits per heavy atom. The van der Waals surface area contributed by atoms with Gasteiger partial charge < -0.3 is 15.8 Å². The van der Waals surface area contributed by atoms with Crippen molar-refractivity contribution in [3.8, 4) is 0 Å². The van der Waals surface area contributed by atoms with Gasteiger partial charge in [0, 0.05) is 23.5 Å². The first-order valence-corrected chi connectivity index (χ1v) is 7.84. The van der Waals surface area contributed by atoms with Gasteiger partial charge >= 0.3 is 6.09 Å². The number of nitrogens with one attached hydrogen (secondary N) is 1. The van der Waals surface area contributed by atoms with Crippen molar-refractivity contribution >= 4 is 22.8 Å². The number of carbonyl (C=O) groups excluding carboxylic acids is 1. The van der Waals surface area contributed by atoms with Gasteiger partial charge in [-0.1, -0.05) is 13.5 Å². The highest BCUT2D eigenvalue weighted by Gasteiger charge is 2.20. The molecule has 0 spiro atoms. The highest BCUT2D eigenvalue weighted by molar-refractivity contribution is 5.95. The molecule has 24 heavy (non-hydrogen) atoms. The van der Waals surface area contributed by atoms with E-state index in [1.807, 2.05) is 39.8 Å². The summed E-state index contributed by atoms with van der Waals surface area (Å²) in [4.78, 5) is 16.6. The Hall–Kier alpha value is -2.76. The zero-order chi connectivity index (χ0) is 17.9. The number of nitrogens with zero attached hydrogens (tertiary/aromatic N) is 2. The Morgan fingerprint density at radius 2 is 2.17 bits per heavy atom. The summed E-state index contributed by atoms with van der Waals surface area (Å²) in [6.07, 6.45) is 5.21. The molecule has 6 heteroatoms. The first-order chi connectivity index (χ1) is 11.3. The highest BCUT2D eigenvalue weighted by Crippen LogP contribution is 2.25. The number of nitrogens with two attached hydrogens (primary N) is 1. The molecule has 0 saturated heterocycles. The van der Waals surface area contributed by atoms with Crippen LogP contribution >= 0.6 is 0 Å². The SMILES string of the molecule is C=C/C(Nc1ccnc2c1ccn2C(=O)OC(C)(C)C)=C(\N)CC. The predicted molar refractivity (Wildman–Crippen MR) is 96.7 cm³/mol. The summed E-state index contributed by atoms with van der Waals surface area (Å²) in [6, 6.07) is 3.64. The lowest BCUT2D eigenvalue weighted by atomic mass is 10.2. The molecular weight excluding hydrogens is 304 g/mol. The zero-order valence-electron chi connectivity index (χ0n) is 14.6. The van der Waals surface area contributed by atoms with Crippen LogP contribution in [0, 0.1) is 0 Å². The maximum Gasteiger partial charge on any atom is 0.420 e. The lowest BCUT2D eigenvalue weighted by Crippen LogP contribution is -2.26. The number of anilines is 1. The standard InChI is InChI=1S/C18H24N4O2/c1-6-13(19)14(7-2)21-15-8-10-20-16-12(15)9-11-22(16)17(23)24-18(3,4)5/h7-11H,2,6,19H2,1,3-5H3,(H,20,21)/b14-13+. The first-order valence-electron chi connectivity index (χ1n) is 7.84. The Morgan fingerprint density at radius 3 is 2.75 bits per heavy atom. The lowest BCUT2D eigenvalue weighted by Gasteiger charge is -2.19. The number of carbonyl (C=O) groups is 1. The largest absolute Gasteiger partial charge is 0.443 e. The minimum atomic E-state index is -0.572. The minimum absolute atomic E-state index is 0.463. The van der Waals surface area contributed by atoms with E-state index in [2.05, 4.69) is 16.9 Å². The molecule has 6 nitrogen and oxygen atoms in total. The van der Waals surface area contributed by atoms with E-state index < -0.39 is 11.7 Å². The summed E-state index contributed by atoms with van der Waals surface area (Å²) in [5.41, 5.74) is 8.20. The second-order valence-corrected chi connectivity index (χ2v) is 6.38. The Labute approximate surface area is 142 Å². The average Bonchev–Trinajstić information content (AvgIpc) is 2.95. The molecule has 0 aliphatic rings. The van der Waals surface area contributed by atoms with Crippen LogP contribution in [-0.4, -0.2) is 21.2 Å². The van der Waals surface area contributed by atoms with E-state index in [-0.39, 0.29) is 0 Å². The lowest BCUT2D eigenvalue weighted by molar-refractivity contribution is 0.0543. The molecule has 2 rings (SSSR count). The Bertz CT molecular complexity index is 797. The topological polar surface area (TPSA) is 82.2 Å². The predicted octanol–water partition coefficient (Wildman–Crippen LogP) is 4.00. The van der Waals surface area contributed by atoms with E-state index in [1.54, 1.807) is 18.5 Å². The molecule has 0 amide bonds. The van der Waals surface area contributed by atoms with Crippen molar-refractivity contribution in [3.63, 3.8) is 0 Å². The fourth-order valence-corrected chi connectivity index (χ4v) is 2.20. The normalized spacial score (nSPS) is 12.7. The van der Waals surface area contributed by atoms with E-state index in [4.69, 9.17) is 10.5 Å². The van der Waals surface area contributed by atoms with Crippen LogP contribution in [0.4, 0.5) is 10.5 Å². The molecule has 128 valence electrons. The van der Waals surface area contributed by atoms with Gasteiger partial charge in [0.1, 0.15) is 5.60 Å². The van der Waals surface area contributed by atoms with Gasteiger partial charge in [-0.2, -0.15) is 0 Å². The van der Waals surface area contributed by atoms with Crippen LogP contribution in [0.1, 0.15) is 34.1 Å². The van der Waals surface area contributed by atoms with Gasteiger partial charge in [-0.05, 0) is 45.4 Å². The van der Waals surface area contributed by atoms with Gasteiger partial charge in [-0.3, -0.25) is 0 Å². The van der Waals surface area contributed by atoms with Gasteiger partial charge in [-0.25, -0.2) is 14.3 Å². The molecule has 2 aromatic rings. The maximum absolute atomic E-state index is 12.3. The molecule has 3 N–H and O–H groups in total. The fraction of sp³-hybridized carbons (Fsp3) is 0.333. The van der Waals surface area contributed by atoms with E-state index >= 15 is 0 Å². The van der Waals surface area contributed by atoms with Crippen LogP contribution < -0.4 is 11.1 Å². The Kier molecular flexibility index (Phi) is 4.97. The number of hydrogen-bond donors (Lipinski definition) is 2. The molecule has 0 aliphatic carbocycles. The molecule has 0 bridgehead atoms. The molecule has 0 aromatic carbocycles. The van der Waals surface area contributed by atoms with Crippen LogP contribution in [0.3, 0.4) is 0 Å². The van der Waals surface area contributed by atoms with Gasteiger partial charge in [0.2, 0.25) is 0 Å². The van der Waals surface area contributed by atoms with Crippen molar-refractivity contribution in [2.45, 2.75) is 39.7 Å². The highest BCUT2D eigenvalue weighted by atomic mass is 16.6. The molecule has 0 aliphatic heterocycles. The van der Waals surface area contributed by atoms with Crippen molar-refractivity contribution in [1.29, 1.82) is 0 Å². The van der Waals surface area contributed by atoms with Crippen LogP contribution in [0.2, 0.25) is 0 Å². The number of aromatic nitrogens is 2. The van der Waals surface area contributed by atoms with Crippen molar-refractivity contribution in [2.75, 3.05) is 5.32 Å². The van der Waals surface area contributed by atoms with Crippen molar-refractivity contribution < 1.29 is 9.53 Å². The summed E-state index contributed by atoms with van der Waals surface area (Å²) in [6.45, 7) is 11.2. The van der Waals surface area contributed by atoms with Gasteiger partial charge in [-0.15, -0.1) is 0 Å². The van der Waals surface area contributed by atoms with Crippen LogP contribution in [0.15, 0.2) is 48.6 Å². The van der Waals surface area contributed by atoms with Crippen molar-refractivity contribution in [3.05, 3.63) is 48.6 Å². The molecule has 0 atom stereocenters. The van der Waals surface area contributed by atoms with Gasteiger partial charge in [0.15, 0.2) is 5.65 Å². The van der Waals surface area contributed by atoms with Crippen molar-refractivity contribution in [1.82, 2.24) is 9.55 Å². The number of rotatable bonds is 4. The third-order valence-corrected chi connectivity index (χ3v) is 3.38. The van der Waals surface area contributed by atoms with Crippen LogP contribution in [0.5, 0.6) is 0 Å². The number of hydrogen-bond acceptors (Lipinski definition) is 5. The number of ether oxygens (including phenoxy) is 1. The molecule has 0 saturated carbocycles. The summed E-state index contributed by atoms with van der Waals surface area (Å²) < 4.78 is 6.80. The monoisotopic (exact) mass is 328 g/mol. The molecule has 0 fully saturated rings. The third-order valence-electron chi connectivity index (χ3n) is 3.38. The average molecular weight is 328 g/mol. The van der Waals surface area contributed by atoms with E-state index in [1.165, 1.54) is 4.57 Å². The fourth-order valence-electron chi connectivity index (χ4n) is 2.20. The molecule has 0 unspecified atom stereocenters. The van der Waals surface area contributed by atoms with Gasteiger partial charge in [0.05, 0.1) is 11.4 Å². The first kappa shape index (κ1) is 17.6. The maximum atomic E-state index is 12.3. The second kappa shape index (κ2) is 6.78. The molecule has 0 radical (unpaired) electrons. The van der Waals surface area contributed by atoms with E-state index in [0.29, 0.717) is 17.8 Å². The summed E-state index contributed by atoms with van der Waals surface area (Å²) in [5.74, 6) is 0. The smallest absolute Gasteiger partial charge is 0.420 e. The third kappa shape index (κ3) is 3.76. The number of pyridine rings is 1. The van der Waals surface area contributed by atoms with Crippen LogP contribution in [-0.2, 0) is 4.74 Å². The summed E-state index contributed by atoms with van der Waals surface area (Å²) in [7, 11) is 0. The van der Waals surface area contributed by atoms with E-state index in [9.17, 15) is 4.79 Å². The molecule has 2 aromatic heterocycles. The van der Waals surface area contributed by atoms with Crippen molar-refractivity contribution in [2.24, 2.45) is 5.73 Å². The van der Waals surface area contributed by atoms with Gasteiger partial charge in [0.25, 0.3) is 0 Å².